The third-order valence-electron chi connectivity index (χ3n) is 5.71. The zero-order chi connectivity index (χ0) is 23.8. The lowest BCUT2D eigenvalue weighted by Gasteiger charge is -2.40. The van der Waals surface area contributed by atoms with Gasteiger partial charge >= 0.3 is 5.97 Å². The summed E-state index contributed by atoms with van der Waals surface area (Å²) in [5.74, 6) is -2.45. The lowest BCUT2D eigenvalue weighted by molar-refractivity contribution is -0.133. The normalized spacial score (nSPS) is 19.2. The maximum absolute atomic E-state index is 14.8. The van der Waals surface area contributed by atoms with Gasteiger partial charge in [-0.3, -0.25) is 0 Å². The van der Waals surface area contributed by atoms with E-state index in [0.29, 0.717) is 0 Å². The zero-order valence-corrected chi connectivity index (χ0v) is 18.5. The number of aryl methyl sites for hydroxylation is 1. The molecule has 0 aromatic heterocycles. The molecule has 1 aliphatic heterocycles. The van der Waals surface area contributed by atoms with Gasteiger partial charge in [-0.25, -0.2) is 22.0 Å². The van der Waals surface area contributed by atoms with Crippen LogP contribution in [0.2, 0.25) is 0 Å². The van der Waals surface area contributed by atoms with Gasteiger partial charge in [-0.1, -0.05) is 54.1 Å². The number of aliphatic carboxylic acids is 1. The number of benzene rings is 3. The van der Waals surface area contributed by atoms with Gasteiger partial charge in [-0.05, 0) is 49.2 Å². The second-order valence-electron chi connectivity index (χ2n) is 7.84. The number of carboxylic acids is 1. The van der Waals surface area contributed by atoms with E-state index in [1.165, 1.54) is 48.5 Å². The minimum absolute atomic E-state index is 0.0364. The van der Waals surface area contributed by atoms with Gasteiger partial charge in [0.2, 0.25) is 10.0 Å². The molecule has 0 saturated heterocycles. The fourth-order valence-corrected chi connectivity index (χ4v) is 5.87. The number of hydrogen-bond donors (Lipinski definition) is 1. The Morgan fingerprint density at radius 1 is 0.970 bits per heavy atom. The number of nitrogens with zero attached hydrogens (tertiary/aromatic N) is 1. The summed E-state index contributed by atoms with van der Waals surface area (Å²) >= 11 is 0. The van der Waals surface area contributed by atoms with Crippen LogP contribution in [0.3, 0.4) is 0 Å². The van der Waals surface area contributed by atoms with Crippen molar-refractivity contribution in [2.75, 3.05) is 0 Å². The summed E-state index contributed by atoms with van der Waals surface area (Å²) in [7, 11) is -4.30. The van der Waals surface area contributed by atoms with Crippen LogP contribution in [0.25, 0.3) is 0 Å². The maximum atomic E-state index is 14.8. The van der Waals surface area contributed by atoms with E-state index in [4.69, 9.17) is 0 Å². The molecule has 0 unspecified atom stereocenters. The second-order valence-corrected chi connectivity index (χ2v) is 9.68. The molecule has 8 heteroatoms. The molecule has 33 heavy (non-hydrogen) atoms. The topological polar surface area (TPSA) is 74.7 Å². The Labute approximate surface area is 190 Å². The first-order valence-electron chi connectivity index (χ1n) is 10.2. The van der Waals surface area contributed by atoms with Crippen LogP contribution >= 0.6 is 0 Å². The van der Waals surface area contributed by atoms with E-state index in [1.807, 2.05) is 6.92 Å². The molecule has 2 atom stereocenters. The quantitative estimate of drug-likeness (QED) is 0.560. The highest BCUT2D eigenvalue weighted by Crippen LogP contribution is 2.46. The molecule has 1 N–H and O–H groups in total. The molecule has 0 aliphatic carbocycles. The van der Waals surface area contributed by atoms with Gasteiger partial charge in [0.25, 0.3) is 0 Å². The molecule has 1 heterocycles. The van der Waals surface area contributed by atoms with Crippen LogP contribution in [-0.4, -0.2) is 23.8 Å². The molecule has 0 fully saturated rings. The minimum atomic E-state index is -4.30. The first-order chi connectivity index (χ1) is 15.7. The van der Waals surface area contributed by atoms with Crippen molar-refractivity contribution in [3.8, 4) is 0 Å². The number of hydrogen-bond acceptors (Lipinski definition) is 3. The van der Waals surface area contributed by atoms with Gasteiger partial charge in [0.05, 0.1) is 22.6 Å². The van der Waals surface area contributed by atoms with Gasteiger partial charge in [-0.15, -0.1) is 0 Å². The number of rotatable bonds is 5. The lowest BCUT2D eigenvalue weighted by Crippen LogP contribution is -2.42. The molecule has 5 nitrogen and oxygen atoms in total. The van der Waals surface area contributed by atoms with E-state index >= 15 is 0 Å². The monoisotopic (exact) mass is 469 g/mol. The highest BCUT2D eigenvalue weighted by Gasteiger charge is 2.45. The first-order valence-corrected chi connectivity index (χ1v) is 11.7. The lowest BCUT2D eigenvalue weighted by atomic mass is 9.89. The van der Waals surface area contributed by atoms with Crippen molar-refractivity contribution in [2.45, 2.75) is 30.3 Å². The molecule has 0 bridgehead atoms. The molecule has 4 rings (SSSR count). The number of halogens is 2. The fourth-order valence-electron chi connectivity index (χ4n) is 4.09. The molecule has 3 aromatic rings. The molecule has 1 aliphatic rings. The molecular formula is C25H21F2NO4S. The van der Waals surface area contributed by atoms with Crippen LogP contribution in [0.5, 0.6) is 0 Å². The minimum Gasteiger partial charge on any atom is -0.478 e. The zero-order valence-electron chi connectivity index (χ0n) is 17.7. The van der Waals surface area contributed by atoms with Gasteiger partial charge < -0.3 is 5.11 Å². The second kappa shape index (κ2) is 8.88. The van der Waals surface area contributed by atoms with E-state index in [1.54, 1.807) is 18.2 Å². The van der Waals surface area contributed by atoms with Crippen molar-refractivity contribution < 1.29 is 27.1 Å². The van der Waals surface area contributed by atoms with Gasteiger partial charge in [0, 0.05) is 5.56 Å². The van der Waals surface area contributed by atoms with Gasteiger partial charge in [0.15, 0.2) is 0 Å². The Kier molecular flexibility index (Phi) is 6.14. The van der Waals surface area contributed by atoms with Crippen LogP contribution in [-0.2, 0) is 14.8 Å². The predicted molar refractivity (Wildman–Crippen MR) is 119 cm³/mol. The Balaban J connectivity index is 1.98. The number of sulfonamides is 1. The van der Waals surface area contributed by atoms with Gasteiger partial charge in [0.1, 0.15) is 11.6 Å². The fraction of sp³-hybridized carbons (Fsp3) is 0.160. The van der Waals surface area contributed by atoms with Crippen molar-refractivity contribution in [1.29, 1.82) is 0 Å². The highest BCUT2D eigenvalue weighted by atomic mass is 32.2. The van der Waals surface area contributed by atoms with Crippen LogP contribution in [0.4, 0.5) is 8.78 Å². The third kappa shape index (κ3) is 4.31. The molecule has 0 radical (unpaired) electrons. The molecule has 170 valence electrons. The Bertz CT molecular complexity index is 1320. The third-order valence-corrected chi connectivity index (χ3v) is 7.60. The average molecular weight is 470 g/mol. The summed E-state index contributed by atoms with van der Waals surface area (Å²) in [5.41, 5.74) is 1.06. The largest absolute Gasteiger partial charge is 0.478 e. The van der Waals surface area contributed by atoms with Crippen molar-refractivity contribution in [1.82, 2.24) is 4.31 Å². The first kappa shape index (κ1) is 22.8. The Morgan fingerprint density at radius 2 is 1.61 bits per heavy atom. The Hall–Kier alpha value is -3.36. The SMILES string of the molecule is Cc1ccc(S(=O)(=O)N2[C@@H](c3ccc(F)cc3)C(C(=O)O)=CC[C@H]2c2ccccc2F)cc1. The van der Waals surface area contributed by atoms with E-state index in [9.17, 15) is 27.1 Å². The van der Waals surface area contributed by atoms with Crippen molar-refractivity contribution >= 4 is 16.0 Å². The summed E-state index contributed by atoms with van der Waals surface area (Å²) in [6.45, 7) is 1.81. The number of carbonyl (C=O) groups is 1. The smallest absolute Gasteiger partial charge is 0.333 e. The van der Waals surface area contributed by atoms with E-state index in [0.717, 1.165) is 22.0 Å². The van der Waals surface area contributed by atoms with E-state index in [2.05, 4.69) is 0 Å². The van der Waals surface area contributed by atoms with Crippen LogP contribution in [0.1, 0.15) is 35.2 Å². The number of carboxylic acid groups (broad SMARTS) is 1. The molecule has 0 amide bonds. The molecule has 0 saturated carbocycles. The molecular weight excluding hydrogens is 448 g/mol. The Morgan fingerprint density at radius 3 is 2.21 bits per heavy atom. The highest BCUT2D eigenvalue weighted by molar-refractivity contribution is 7.89. The summed E-state index contributed by atoms with van der Waals surface area (Å²) in [6, 6.07) is 14.6. The van der Waals surface area contributed by atoms with Crippen LogP contribution < -0.4 is 0 Å². The van der Waals surface area contributed by atoms with Crippen LogP contribution in [0.15, 0.2) is 89.3 Å². The van der Waals surface area contributed by atoms with Crippen molar-refractivity contribution in [3.63, 3.8) is 0 Å². The predicted octanol–water partition coefficient (Wildman–Crippen LogP) is 5.16. The van der Waals surface area contributed by atoms with Crippen LogP contribution in [0, 0.1) is 18.6 Å². The summed E-state index contributed by atoms with van der Waals surface area (Å²) in [5, 5.41) is 9.89. The van der Waals surface area contributed by atoms with Gasteiger partial charge in [-0.2, -0.15) is 4.31 Å². The molecule has 0 spiro atoms. The maximum Gasteiger partial charge on any atom is 0.333 e. The standard InChI is InChI=1S/C25H21F2NO4S/c1-16-6-12-19(13-7-16)33(31,32)28-23(20-4-2-3-5-22(20)27)15-14-21(25(29)30)24(28)17-8-10-18(26)11-9-17/h2-14,23-24H,15H2,1H3,(H,29,30)/t23-,24-/m0/s1. The summed E-state index contributed by atoms with van der Waals surface area (Å²) in [4.78, 5) is 12.1. The van der Waals surface area contributed by atoms with Crippen molar-refractivity contribution in [3.05, 3.63) is 113 Å². The van der Waals surface area contributed by atoms with Crippen molar-refractivity contribution in [2.24, 2.45) is 0 Å². The van der Waals surface area contributed by atoms with E-state index < -0.39 is 39.7 Å². The summed E-state index contributed by atoms with van der Waals surface area (Å²) in [6.07, 6.45) is 1.37. The molecule has 3 aromatic carbocycles. The van der Waals surface area contributed by atoms with E-state index in [-0.39, 0.29) is 28.0 Å². The summed E-state index contributed by atoms with van der Waals surface area (Å²) < 4.78 is 57.3. The average Bonchev–Trinajstić information content (AvgIpc) is 2.79.